The molecule has 0 aromatic carbocycles. The topological polar surface area (TPSA) is 40.5 Å². The van der Waals surface area contributed by atoms with Gasteiger partial charge < -0.3 is 5.11 Å². The predicted octanol–water partition coefficient (Wildman–Crippen LogP) is 2.61. The van der Waals surface area contributed by atoms with E-state index in [0.29, 0.717) is 6.04 Å². The average molecular weight is 251 g/mol. The number of aliphatic carboxylic acids is 1. The molecular weight excluding hydrogens is 226 g/mol. The van der Waals surface area contributed by atoms with Crippen LogP contribution in [-0.2, 0) is 4.79 Å². The Morgan fingerprint density at radius 3 is 2.11 bits per heavy atom. The lowest BCUT2D eigenvalue weighted by Crippen LogP contribution is -2.57. The second kappa shape index (κ2) is 4.52. The maximum absolute atomic E-state index is 10.9. The fourth-order valence-electron chi connectivity index (χ4n) is 5.25. The maximum Gasteiger partial charge on any atom is 0.304 e. The average Bonchev–Trinajstić information content (AvgIpc) is 2.26. The van der Waals surface area contributed by atoms with Gasteiger partial charge in [-0.1, -0.05) is 0 Å². The van der Waals surface area contributed by atoms with Crippen molar-refractivity contribution in [2.24, 2.45) is 23.7 Å². The highest BCUT2D eigenvalue weighted by molar-refractivity contribution is 5.67. The van der Waals surface area contributed by atoms with Crippen LogP contribution in [0.3, 0.4) is 0 Å². The van der Waals surface area contributed by atoms with E-state index >= 15 is 0 Å². The zero-order valence-corrected chi connectivity index (χ0v) is 11.5. The van der Waals surface area contributed by atoms with Gasteiger partial charge in [0.2, 0.25) is 0 Å². The first-order chi connectivity index (χ1) is 8.54. The number of carboxylic acid groups (broad SMARTS) is 1. The lowest BCUT2D eigenvalue weighted by atomic mass is 9.54. The van der Waals surface area contributed by atoms with Crippen molar-refractivity contribution >= 4 is 5.97 Å². The highest BCUT2D eigenvalue weighted by atomic mass is 16.4. The molecule has 3 nitrogen and oxygen atoms in total. The third kappa shape index (κ3) is 2.07. The van der Waals surface area contributed by atoms with Crippen molar-refractivity contribution in [2.45, 2.75) is 57.5 Å². The van der Waals surface area contributed by atoms with Gasteiger partial charge in [0.15, 0.2) is 0 Å². The lowest BCUT2D eigenvalue weighted by molar-refractivity contribution is -0.139. The summed E-state index contributed by atoms with van der Waals surface area (Å²) in [5.74, 6) is 3.02. The van der Waals surface area contributed by atoms with Gasteiger partial charge in [0.05, 0.1) is 6.42 Å². The zero-order valence-electron chi connectivity index (χ0n) is 11.5. The molecule has 4 saturated carbocycles. The van der Waals surface area contributed by atoms with Crippen LogP contribution in [-0.4, -0.2) is 35.1 Å². The Kier molecular flexibility index (Phi) is 3.13. The SMILES string of the molecule is CC(CC(=O)O)N(C)C1C2CC3CC(C2)CC1C3. The van der Waals surface area contributed by atoms with Crippen molar-refractivity contribution < 1.29 is 9.90 Å². The molecule has 0 aromatic heterocycles. The lowest BCUT2D eigenvalue weighted by Gasteiger charge is -2.57. The summed E-state index contributed by atoms with van der Waals surface area (Å²) in [7, 11) is 2.15. The fraction of sp³-hybridized carbons (Fsp3) is 0.933. The molecule has 102 valence electrons. The zero-order chi connectivity index (χ0) is 12.9. The van der Waals surface area contributed by atoms with Crippen molar-refractivity contribution in [2.75, 3.05) is 7.05 Å². The van der Waals surface area contributed by atoms with Crippen LogP contribution in [0.4, 0.5) is 0 Å². The smallest absolute Gasteiger partial charge is 0.304 e. The van der Waals surface area contributed by atoms with Gasteiger partial charge in [-0.3, -0.25) is 9.69 Å². The van der Waals surface area contributed by atoms with Crippen LogP contribution in [0.5, 0.6) is 0 Å². The fourth-order valence-corrected chi connectivity index (χ4v) is 5.25. The Bertz CT molecular complexity index is 313. The summed E-state index contributed by atoms with van der Waals surface area (Å²) in [6, 6.07) is 0.831. The minimum atomic E-state index is -0.668. The summed E-state index contributed by atoms with van der Waals surface area (Å²) in [5.41, 5.74) is 0. The first kappa shape index (κ1) is 12.5. The molecule has 4 fully saturated rings. The summed E-state index contributed by atoms with van der Waals surface area (Å²) in [5, 5.41) is 8.96. The molecule has 4 bridgehead atoms. The van der Waals surface area contributed by atoms with Crippen LogP contribution in [0.25, 0.3) is 0 Å². The molecule has 4 rings (SSSR count). The highest BCUT2D eigenvalue weighted by Gasteiger charge is 2.49. The molecule has 1 N–H and O–H groups in total. The number of hydrogen-bond acceptors (Lipinski definition) is 2. The van der Waals surface area contributed by atoms with E-state index in [4.69, 9.17) is 5.11 Å². The molecule has 0 amide bonds. The van der Waals surface area contributed by atoms with Crippen LogP contribution in [0.1, 0.15) is 45.4 Å². The van der Waals surface area contributed by atoms with Gasteiger partial charge in [0, 0.05) is 12.1 Å². The number of nitrogens with zero attached hydrogens (tertiary/aromatic N) is 1. The normalized spacial score (nSPS) is 43.4. The quantitative estimate of drug-likeness (QED) is 0.835. The molecule has 18 heavy (non-hydrogen) atoms. The van der Waals surface area contributed by atoms with Crippen molar-refractivity contribution in [1.29, 1.82) is 0 Å². The minimum absolute atomic E-state index is 0.171. The summed E-state index contributed by atoms with van der Waals surface area (Å²) >= 11 is 0. The van der Waals surface area contributed by atoms with Crippen LogP contribution < -0.4 is 0 Å². The molecule has 4 aliphatic rings. The third-order valence-corrected chi connectivity index (χ3v) is 5.81. The third-order valence-electron chi connectivity index (χ3n) is 5.81. The summed E-state index contributed by atoms with van der Waals surface area (Å²) in [6.45, 7) is 2.07. The van der Waals surface area contributed by atoms with Crippen LogP contribution in [0, 0.1) is 23.7 Å². The van der Waals surface area contributed by atoms with E-state index in [2.05, 4.69) is 18.9 Å². The Hall–Kier alpha value is -0.570. The van der Waals surface area contributed by atoms with Crippen molar-refractivity contribution in [1.82, 2.24) is 4.90 Å². The van der Waals surface area contributed by atoms with E-state index in [1.807, 2.05) is 0 Å². The van der Waals surface area contributed by atoms with Gasteiger partial charge in [0.25, 0.3) is 0 Å². The van der Waals surface area contributed by atoms with E-state index in [1.165, 1.54) is 32.1 Å². The Balaban J connectivity index is 1.70. The second-order valence-electron chi connectivity index (χ2n) is 7.03. The van der Waals surface area contributed by atoms with Gasteiger partial charge >= 0.3 is 5.97 Å². The summed E-state index contributed by atoms with van der Waals surface area (Å²) in [6.07, 6.45) is 7.38. The van der Waals surface area contributed by atoms with Crippen LogP contribution >= 0.6 is 0 Å². The monoisotopic (exact) mass is 251 g/mol. The molecule has 0 heterocycles. The Morgan fingerprint density at radius 2 is 1.67 bits per heavy atom. The van der Waals surface area contributed by atoms with E-state index in [0.717, 1.165) is 23.7 Å². The molecule has 0 aliphatic heterocycles. The Morgan fingerprint density at radius 1 is 1.17 bits per heavy atom. The van der Waals surface area contributed by atoms with Gasteiger partial charge in [-0.25, -0.2) is 0 Å². The molecular formula is C15H25NO2. The number of carbonyl (C=O) groups is 1. The largest absolute Gasteiger partial charge is 0.481 e. The van der Waals surface area contributed by atoms with Crippen molar-refractivity contribution in [3.63, 3.8) is 0 Å². The van der Waals surface area contributed by atoms with Crippen LogP contribution in [0.2, 0.25) is 0 Å². The summed E-state index contributed by atoms with van der Waals surface area (Å²) < 4.78 is 0. The first-order valence-electron chi connectivity index (χ1n) is 7.48. The Labute approximate surface area is 110 Å². The highest BCUT2D eigenvalue weighted by Crippen LogP contribution is 2.55. The van der Waals surface area contributed by atoms with Gasteiger partial charge in [-0.2, -0.15) is 0 Å². The van der Waals surface area contributed by atoms with Gasteiger partial charge in [-0.15, -0.1) is 0 Å². The van der Waals surface area contributed by atoms with Gasteiger partial charge in [0.1, 0.15) is 0 Å². The molecule has 0 saturated heterocycles. The molecule has 0 radical (unpaired) electrons. The molecule has 1 unspecified atom stereocenters. The molecule has 4 aliphatic carbocycles. The van der Waals surface area contributed by atoms with Gasteiger partial charge in [-0.05, 0) is 69.7 Å². The van der Waals surface area contributed by atoms with Crippen molar-refractivity contribution in [3.05, 3.63) is 0 Å². The van der Waals surface area contributed by atoms with E-state index in [-0.39, 0.29) is 12.5 Å². The first-order valence-corrected chi connectivity index (χ1v) is 7.48. The molecule has 1 atom stereocenters. The summed E-state index contributed by atoms with van der Waals surface area (Å²) in [4.78, 5) is 13.3. The number of rotatable bonds is 4. The molecule has 0 aromatic rings. The number of carboxylic acids is 1. The van der Waals surface area contributed by atoms with E-state index in [1.54, 1.807) is 0 Å². The number of hydrogen-bond donors (Lipinski definition) is 1. The molecule has 3 heteroatoms. The predicted molar refractivity (Wildman–Crippen MR) is 70.3 cm³/mol. The second-order valence-corrected chi connectivity index (χ2v) is 7.03. The maximum atomic E-state index is 10.9. The standard InChI is InChI=1S/C15H25NO2/c1-9(3-14(17)18)16(2)15-12-5-10-4-11(7-12)8-13(15)6-10/h9-13,15H,3-8H2,1-2H3,(H,17,18). The van der Waals surface area contributed by atoms with E-state index in [9.17, 15) is 4.79 Å². The van der Waals surface area contributed by atoms with E-state index < -0.39 is 5.97 Å². The van der Waals surface area contributed by atoms with Crippen LogP contribution in [0.15, 0.2) is 0 Å². The minimum Gasteiger partial charge on any atom is -0.481 e. The molecule has 0 spiro atoms. The van der Waals surface area contributed by atoms with Crippen molar-refractivity contribution in [3.8, 4) is 0 Å².